The van der Waals surface area contributed by atoms with Crippen molar-refractivity contribution in [1.82, 2.24) is 0 Å². The quantitative estimate of drug-likeness (QED) is 0.563. The Morgan fingerprint density at radius 3 is 2.45 bits per heavy atom. The average molecular weight is 445 g/mol. The summed E-state index contributed by atoms with van der Waals surface area (Å²) in [5.41, 5.74) is 1.52. The van der Waals surface area contributed by atoms with Gasteiger partial charge < -0.3 is 0 Å². The Balaban J connectivity index is 1.30. The molecule has 4 aliphatic carbocycles. The third kappa shape index (κ3) is 3.60. The third-order valence-electron chi connectivity index (χ3n) is 9.76. The van der Waals surface area contributed by atoms with Gasteiger partial charge in [-0.3, -0.25) is 8.98 Å². The molecule has 7 atom stereocenters. The van der Waals surface area contributed by atoms with Crippen LogP contribution in [0.15, 0.2) is 29.2 Å². The van der Waals surface area contributed by atoms with Gasteiger partial charge in [0.05, 0.1) is 11.0 Å². The van der Waals surface area contributed by atoms with Gasteiger partial charge in [-0.1, -0.05) is 31.5 Å². The number of carbonyl (C=O) groups is 1. The fourth-order valence-electron chi connectivity index (χ4n) is 8.03. The Bertz CT molecular complexity index is 968. The number of hydrogen-bond donors (Lipinski definition) is 0. The molecule has 0 aromatic heterocycles. The van der Waals surface area contributed by atoms with Crippen LogP contribution in [0, 0.1) is 41.4 Å². The molecule has 0 saturated heterocycles. The van der Waals surface area contributed by atoms with Gasteiger partial charge in [-0.2, -0.15) is 8.42 Å². The third-order valence-corrected chi connectivity index (χ3v) is 11.1. The Kier molecular flexibility index (Phi) is 5.17. The minimum Gasteiger partial charge on any atom is -0.300 e. The van der Waals surface area contributed by atoms with Gasteiger partial charge in [0.2, 0.25) is 0 Å². The van der Waals surface area contributed by atoms with E-state index >= 15 is 0 Å². The van der Waals surface area contributed by atoms with Crippen molar-refractivity contribution in [1.29, 1.82) is 0 Å². The second kappa shape index (κ2) is 7.41. The number of ketones is 1. The van der Waals surface area contributed by atoms with Crippen molar-refractivity contribution in [3.63, 3.8) is 0 Å². The van der Waals surface area contributed by atoms with Crippen molar-refractivity contribution in [2.75, 3.05) is 0 Å². The first-order valence-corrected chi connectivity index (χ1v) is 13.5. The molecule has 4 nitrogen and oxygen atoms in total. The van der Waals surface area contributed by atoms with Crippen molar-refractivity contribution in [2.45, 2.75) is 89.6 Å². The molecule has 0 N–H and O–H groups in total. The fourth-order valence-corrected chi connectivity index (χ4v) is 9.14. The Hall–Kier alpha value is -1.20. The zero-order chi connectivity index (χ0) is 22.0. The molecule has 0 radical (unpaired) electrons. The molecule has 0 spiro atoms. The van der Waals surface area contributed by atoms with E-state index in [9.17, 15) is 13.2 Å². The summed E-state index contributed by atoms with van der Waals surface area (Å²) in [4.78, 5) is 12.5. The summed E-state index contributed by atoms with van der Waals surface area (Å²) in [5.74, 6) is 2.89. The molecule has 5 rings (SSSR count). The molecule has 0 bridgehead atoms. The molecule has 5 heteroatoms. The predicted octanol–water partition coefficient (Wildman–Crippen LogP) is 5.68. The maximum absolute atomic E-state index is 12.8. The van der Waals surface area contributed by atoms with Gasteiger partial charge in [-0.25, -0.2) is 0 Å². The number of carbonyl (C=O) groups excluding carboxylic acids is 1. The van der Waals surface area contributed by atoms with Crippen molar-refractivity contribution in [2.24, 2.45) is 34.5 Å². The summed E-state index contributed by atoms with van der Waals surface area (Å²) >= 11 is 0. The summed E-state index contributed by atoms with van der Waals surface area (Å²) < 4.78 is 31.4. The van der Waals surface area contributed by atoms with E-state index in [0.29, 0.717) is 29.5 Å². The molecule has 4 fully saturated rings. The summed E-state index contributed by atoms with van der Waals surface area (Å²) in [6.07, 6.45) is 8.77. The van der Waals surface area contributed by atoms with Crippen LogP contribution in [0.2, 0.25) is 0 Å². The van der Waals surface area contributed by atoms with Crippen molar-refractivity contribution in [3.8, 4) is 0 Å². The van der Waals surface area contributed by atoms with Gasteiger partial charge in [0, 0.05) is 12.8 Å². The lowest BCUT2D eigenvalue weighted by Gasteiger charge is -2.60. The topological polar surface area (TPSA) is 60.4 Å². The smallest absolute Gasteiger partial charge is 0.297 e. The van der Waals surface area contributed by atoms with Crippen LogP contribution in [0.4, 0.5) is 0 Å². The van der Waals surface area contributed by atoms with Crippen molar-refractivity contribution in [3.05, 3.63) is 29.8 Å². The van der Waals surface area contributed by atoms with Crippen LogP contribution in [-0.2, 0) is 19.1 Å². The summed E-state index contributed by atoms with van der Waals surface area (Å²) in [6.45, 7) is 6.76. The van der Waals surface area contributed by atoms with Gasteiger partial charge in [0.15, 0.2) is 0 Å². The lowest BCUT2D eigenvalue weighted by atomic mass is 9.45. The molecule has 1 aromatic carbocycles. The van der Waals surface area contributed by atoms with Gasteiger partial charge in [0.25, 0.3) is 10.1 Å². The number of aryl methyl sites for hydroxylation is 1. The van der Waals surface area contributed by atoms with Crippen molar-refractivity contribution >= 4 is 15.9 Å². The lowest BCUT2D eigenvalue weighted by Crippen LogP contribution is -2.53. The van der Waals surface area contributed by atoms with Gasteiger partial charge in [-0.05, 0) is 98.5 Å². The summed E-state index contributed by atoms with van der Waals surface area (Å²) in [7, 11) is -3.72. The standard InChI is InChI=1S/C26H36O4S/c1-17-4-7-21(8-5-17)31(28,29)30-20-10-13-26(3)18(14-20)6-9-22-23(26)11-12-25(2)16-19(27)15-24(22)25/h4-5,7-8,18,20,22-24H,6,9-16H2,1-3H3/t18-,20+,22-,23+,24+,25+,26-/m0/s1. The van der Waals surface area contributed by atoms with Crippen LogP contribution < -0.4 is 0 Å². The SMILES string of the molecule is Cc1ccc(S(=O)(=O)O[C@@H]2CC[C@@]3(C)[C@@H](CC[C@@H]4[C@H]5CC(=O)C[C@@]5(C)CC[C@H]43)C2)cc1. The zero-order valence-electron chi connectivity index (χ0n) is 19.1. The van der Waals surface area contributed by atoms with Gasteiger partial charge in [0.1, 0.15) is 5.78 Å². The van der Waals surface area contributed by atoms with E-state index < -0.39 is 10.1 Å². The molecule has 4 saturated carbocycles. The first-order chi connectivity index (χ1) is 14.6. The summed E-state index contributed by atoms with van der Waals surface area (Å²) in [6, 6.07) is 6.93. The van der Waals surface area contributed by atoms with E-state index in [0.717, 1.165) is 44.1 Å². The highest BCUT2D eigenvalue weighted by Crippen LogP contribution is 2.65. The molecule has 0 amide bonds. The van der Waals surface area contributed by atoms with E-state index in [1.807, 2.05) is 19.1 Å². The molecule has 31 heavy (non-hydrogen) atoms. The predicted molar refractivity (Wildman–Crippen MR) is 120 cm³/mol. The maximum atomic E-state index is 12.8. The summed E-state index contributed by atoms with van der Waals surface area (Å²) in [5, 5.41) is 0. The Labute approximate surface area is 187 Å². The normalized spacial score (nSPS) is 42.5. The Morgan fingerprint density at radius 2 is 1.71 bits per heavy atom. The minimum absolute atomic E-state index is 0.220. The second-order valence-corrected chi connectivity index (χ2v) is 13.1. The number of rotatable bonds is 3. The number of hydrogen-bond acceptors (Lipinski definition) is 4. The molecule has 4 aliphatic rings. The molecular weight excluding hydrogens is 408 g/mol. The van der Waals surface area contributed by atoms with Crippen LogP contribution in [0.3, 0.4) is 0 Å². The van der Waals surface area contributed by atoms with Crippen molar-refractivity contribution < 1.29 is 17.4 Å². The van der Waals surface area contributed by atoms with Crippen LogP contribution in [0.5, 0.6) is 0 Å². The first-order valence-electron chi connectivity index (χ1n) is 12.1. The molecule has 0 heterocycles. The average Bonchev–Trinajstić information content (AvgIpc) is 3.02. The Morgan fingerprint density at radius 1 is 0.968 bits per heavy atom. The van der Waals surface area contributed by atoms with E-state index in [4.69, 9.17) is 4.18 Å². The lowest BCUT2D eigenvalue weighted by molar-refractivity contribution is -0.119. The highest BCUT2D eigenvalue weighted by atomic mass is 32.2. The van der Waals surface area contributed by atoms with Gasteiger partial charge >= 0.3 is 0 Å². The minimum atomic E-state index is -3.72. The molecule has 0 unspecified atom stereocenters. The van der Waals surface area contributed by atoms with Crippen LogP contribution >= 0.6 is 0 Å². The van der Waals surface area contributed by atoms with E-state index in [1.54, 1.807) is 12.1 Å². The molecular formula is C26H36O4S. The molecule has 170 valence electrons. The van der Waals surface area contributed by atoms with Crippen LogP contribution in [0.1, 0.15) is 77.2 Å². The monoisotopic (exact) mass is 444 g/mol. The second-order valence-electron chi connectivity index (χ2n) is 11.5. The maximum Gasteiger partial charge on any atom is 0.297 e. The molecule has 1 aromatic rings. The number of benzene rings is 1. The van der Waals surface area contributed by atoms with Crippen LogP contribution in [-0.4, -0.2) is 20.3 Å². The van der Waals surface area contributed by atoms with E-state index in [2.05, 4.69) is 13.8 Å². The highest BCUT2D eigenvalue weighted by molar-refractivity contribution is 7.86. The molecule has 0 aliphatic heterocycles. The van der Waals surface area contributed by atoms with Gasteiger partial charge in [-0.15, -0.1) is 0 Å². The first kappa shape index (κ1) is 21.6. The highest BCUT2D eigenvalue weighted by Gasteiger charge is 2.59. The van der Waals surface area contributed by atoms with E-state index in [-0.39, 0.29) is 21.8 Å². The number of fused-ring (bicyclic) bond motifs is 5. The zero-order valence-corrected chi connectivity index (χ0v) is 19.9. The van der Waals surface area contributed by atoms with E-state index in [1.165, 1.54) is 19.3 Å². The largest absolute Gasteiger partial charge is 0.300 e. The number of Topliss-reactive ketones (excluding diaryl/α,β-unsaturated/α-hetero) is 1. The fraction of sp³-hybridized carbons (Fsp3) is 0.731. The van der Waals surface area contributed by atoms with Crippen LogP contribution in [0.25, 0.3) is 0 Å².